The van der Waals surface area contributed by atoms with Crippen LogP contribution < -0.4 is 0 Å². The molecule has 0 aliphatic heterocycles. The summed E-state index contributed by atoms with van der Waals surface area (Å²) >= 11 is 0. The second kappa shape index (κ2) is 3.65. The molecule has 0 atom stereocenters. The summed E-state index contributed by atoms with van der Waals surface area (Å²) in [4.78, 5) is 3.52. The van der Waals surface area contributed by atoms with Gasteiger partial charge in [0.1, 0.15) is 0 Å². The molecule has 2 aromatic rings. The molecule has 1 aliphatic rings. The number of hydrogen-bond donors (Lipinski definition) is 1. The molecular weight excluding hydrogens is 194 g/mol. The second-order valence-electron chi connectivity index (χ2n) is 5.37. The molecule has 1 heterocycles. The molecule has 84 valence electrons. The predicted octanol–water partition coefficient (Wildman–Crippen LogP) is 4.39. The Morgan fingerprint density at radius 1 is 1.06 bits per heavy atom. The number of rotatable bonds is 1. The zero-order valence-electron chi connectivity index (χ0n) is 9.92. The quantitative estimate of drug-likeness (QED) is 0.723. The normalized spacial score (nSPS) is 20.1. The third kappa shape index (κ3) is 1.46. The van der Waals surface area contributed by atoms with Gasteiger partial charge in [-0.3, -0.25) is 0 Å². The molecule has 0 saturated heterocycles. The number of benzene rings is 1. The highest BCUT2D eigenvalue weighted by atomic mass is 14.7. The lowest BCUT2D eigenvalue weighted by atomic mass is 9.72. The lowest BCUT2D eigenvalue weighted by molar-refractivity contribution is 0.315. The first kappa shape index (κ1) is 9.95. The molecule has 0 bridgehead atoms. The number of H-pyrrole nitrogens is 1. The number of fused-ring (bicyclic) bond motifs is 1. The van der Waals surface area contributed by atoms with Gasteiger partial charge in [-0.25, -0.2) is 0 Å². The zero-order valence-corrected chi connectivity index (χ0v) is 9.92. The fourth-order valence-electron chi connectivity index (χ4n) is 3.16. The van der Waals surface area contributed by atoms with E-state index in [9.17, 15) is 0 Å². The van der Waals surface area contributed by atoms with Crippen molar-refractivity contribution in [3.05, 3.63) is 36.2 Å². The highest BCUT2D eigenvalue weighted by Crippen LogP contribution is 2.41. The van der Waals surface area contributed by atoms with Gasteiger partial charge in [-0.1, -0.05) is 50.5 Å². The molecular formula is C15H19N. The Morgan fingerprint density at radius 2 is 1.81 bits per heavy atom. The summed E-state index contributed by atoms with van der Waals surface area (Å²) < 4.78 is 0. The topological polar surface area (TPSA) is 15.8 Å². The number of aromatic nitrogens is 1. The Balaban J connectivity index is 2.11. The van der Waals surface area contributed by atoms with Crippen LogP contribution in [-0.4, -0.2) is 4.98 Å². The van der Waals surface area contributed by atoms with Crippen LogP contribution in [0.1, 0.15) is 44.7 Å². The highest BCUT2D eigenvalue weighted by Gasteiger charge is 2.31. The minimum Gasteiger partial charge on any atom is -0.363 e. The largest absolute Gasteiger partial charge is 0.363 e. The van der Waals surface area contributed by atoms with Gasteiger partial charge in [0.25, 0.3) is 0 Å². The van der Waals surface area contributed by atoms with E-state index in [1.54, 1.807) is 0 Å². The van der Waals surface area contributed by atoms with Gasteiger partial charge in [0.05, 0.1) is 0 Å². The first-order chi connectivity index (χ1) is 7.80. The maximum Gasteiger partial charge on any atom is 0.0287 e. The van der Waals surface area contributed by atoms with Gasteiger partial charge in [0.2, 0.25) is 0 Å². The highest BCUT2D eigenvalue weighted by molar-refractivity contribution is 5.86. The molecule has 1 heteroatoms. The molecule has 0 spiro atoms. The van der Waals surface area contributed by atoms with Gasteiger partial charge < -0.3 is 4.98 Å². The summed E-state index contributed by atoms with van der Waals surface area (Å²) in [5, 5.41) is 2.77. The van der Waals surface area contributed by atoms with Gasteiger partial charge in [-0.2, -0.15) is 0 Å². The van der Waals surface area contributed by atoms with Crippen LogP contribution in [0.4, 0.5) is 0 Å². The average Bonchev–Trinajstić information content (AvgIpc) is 2.74. The molecule has 1 fully saturated rings. The SMILES string of the molecule is CC1(c2[nH]cc3ccccc23)CCCCC1. The van der Waals surface area contributed by atoms with Crippen LogP contribution >= 0.6 is 0 Å². The average molecular weight is 213 g/mol. The van der Waals surface area contributed by atoms with Crippen molar-refractivity contribution in [2.24, 2.45) is 0 Å². The van der Waals surface area contributed by atoms with Gasteiger partial charge in [-0.05, 0) is 18.2 Å². The van der Waals surface area contributed by atoms with Gasteiger partial charge >= 0.3 is 0 Å². The summed E-state index contributed by atoms with van der Waals surface area (Å²) in [7, 11) is 0. The summed E-state index contributed by atoms with van der Waals surface area (Å²) in [6, 6.07) is 8.71. The van der Waals surface area contributed by atoms with Gasteiger partial charge in [0, 0.05) is 22.7 Å². The number of nitrogens with one attached hydrogen (secondary N) is 1. The van der Waals surface area contributed by atoms with Crippen LogP contribution in [0.5, 0.6) is 0 Å². The van der Waals surface area contributed by atoms with Crippen molar-refractivity contribution >= 4 is 10.8 Å². The Hall–Kier alpha value is -1.24. The van der Waals surface area contributed by atoms with Crippen LogP contribution in [0.25, 0.3) is 10.8 Å². The van der Waals surface area contributed by atoms with Crippen LogP contribution in [0.15, 0.2) is 30.5 Å². The van der Waals surface area contributed by atoms with E-state index in [0.29, 0.717) is 5.41 Å². The maximum atomic E-state index is 3.52. The molecule has 1 aromatic carbocycles. The molecule has 1 N–H and O–H groups in total. The summed E-state index contributed by atoms with van der Waals surface area (Å²) in [5.41, 5.74) is 1.84. The van der Waals surface area contributed by atoms with Crippen molar-refractivity contribution in [2.75, 3.05) is 0 Å². The van der Waals surface area contributed by atoms with Crippen LogP contribution in [-0.2, 0) is 5.41 Å². The van der Waals surface area contributed by atoms with Gasteiger partial charge in [-0.15, -0.1) is 0 Å². The second-order valence-corrected chi connectivity index (χ2v) is 5.37. The Labute approximate surface area is 96.9 Å². The van der Waals surface area contributed by atoms with Crippen LogP contribution in [0, 0.1) is 0 Å². The van der Waals surface area contributed by atoms with E-state index in [2.05, 4.69) is 42.4 Å². The minimum atomic E-state index is 0.376. The fraction of sp³-hybridized carbons (Fsp3) is 0.467. The van der Waals surface area contributed by atoms with Crippen molar-refractivity contribution < 1.29 is 0 Å². The predicted molar refractivity (Wildman–Crippen MR) is 68.7 cm³/mol. The fourth-order valence-corrected chi connectivity index (χ4v) is 3.16. The van der Waals surface area contributed by atoms with Gasteiger partial charge in [0.15, 0.2) is 0 Å². The van der Waals surface area contributed by atoms with Crippen LogP contribution in [0.3, 0.4) is 0 Å². The maximum absolute atomic E-state index is 3.52. The first-order valence-electron chi connectivity index (χ1n) is 6.36. The summed E-state index contributed by atoms with van der Waals surface area (Å²) in [6.07, 6.45) is 8.99. The Morgan fingerprint density at radius 3 is 2.62 bits per heavy atom. The zero-order chi connectivity index (χ0) is 11.0. The molecule has 16 heavy (non-hydrogen) atoms. The summed E-state index contributed by atoms with van der Waals surface area (Å²) in [5.74, 6) is 0. The lowest BCUT2D eigenvalue weighted by Gasteiger charge is -2.33. The van der Waals surface area contributed by atoms with E-state index in [-0.39, 0.29) is 0 Å². The van der Waals surface area contributed by atoms with Crippen molar-refractivity contribution in [3.8, 4) is 0 Å². The molecule has 1 saturated carbocycles. The molecule has 1 aliphatic carbocycles. The van der Waals surface area contributed by atoms with E-state index in [1.165, 1.54) is 48.6 Å². The Bertz CT molecular complexity index is 489. The monoisotopic (exact) mass is 213 g/mol. The van der Waals surface area contributed by atoms with E-state index in [1.807, 2.05) is 0 Å². The van der Waals surface area contributed by atoms with Crippen molar-refractivity contribution in [1.82, 2.24) is 4.98 Å². The smallest absolute Gasteiger partial charge is 0.0287 e. The van der Waals surface area contributed by atoms with Crippen molar-refractivity contribution in [1.29, 1.82) is 0 Å². The van der Waals surface area contributed by atoms with E-state index >= 15 is 0 Å². The summed E-state index contributed by atoms with van der Waals surface area (Å²) in [6.45, 7) is 2.42. The number of aromatic amines is 1. The molecule has 1 aromatic heterocycles. The third-order valence-corrected chi connectivity index (χ3v) is 4.16. The molecule has 3 rings (SSSR count). The Kier molecular flexibility index (Phi) is 2.27. The molecule has 1 nitrogen and oxygen atoms in total. The lowest BCUT2D eigenvalue weighted by Crippen LogP contribution is -2.25. The molecule has 0 unspecified atom stereocenters. The van der Waals surface area contributed by atoms with Crippen molar-refractivity contribution in [3.63, 3.8) is 0 Å². The van der Waals surface area contributed by atoms with Crippen LogP contribution in [0.2, 0.25) is 0 Å². The van der Waals surface area contributed by atoms with E-state index < -0.39 is 0 Å². The molecule has 0 amide bonds. The minimum absolute atomic E-state index is 0.376. The van der Waals surface area contributed by atoms with E-state index in [0.717, 1.165) is 0 Å². The first-order valence-corrected chi connectivity index (χ1v) is 6.36. The standard InChI is InChI=1S/C15H19N/c1-15(9-5-2-6-10-15)14-13-8-4-3-7-12(13)11-16-14/h3-4,7-8,11,16H,2,5-6,9-10H2,1H3. The molecule has 0 radical (unpaired) electrons. The van der Waals surface area contributed by atoms with Crippen molar-refractivity contribution in [2.45, 2.75) is 44.4 Å². The van der Waals surface area contributed by atoms with E-state index in [4.69, 9.17) is 0 Å². The third-order valence-electron chi connectivity index (χ3n) is 4.16. The number of hydrogen-bond acceptors (Lipinski definition) is 0.